The minimum absolute atomic E-state index is 0.145. The summed E-state index contributed by atoms with van der Waals surface area (Å²) in [7, 11) is 0. The van der Waals surface area contributed by atoms with Gasteiger partial charge in [0.1, 0.15) is 0 Å². The third-order valence-corrected chi connectivity index (χ3v) is 2.82. The first-order chi connectivity index (χ1) is 7.63. The number of imide groups is 1. The van der Waals surface area contributed by atoms with Gasteiger partial charge in [0.15, 0.2) is 0 Å². The van der Waals surface area contributed by atoms with Crippen molar-refractivity contribution in [2.45, 2.75) is 26.2 Å². The molecule has 0 spiro atoms. The maximum Gasteiger partial charge on any atom is 0.234 e. The number of nitrogens with zero attached hydrogens (tertiary/aromatic N) is 1. The maximum absolute atomic E-state index is 11.5. The second-order valence-electron chi connectivity index (χ2n) is 3.86. The van der Waals surface area contributed by atoms with E-state index >= 15 is 0 Å². The molecular formula is C12H14N2O2. The molecule has 0 aliphatic carbocycles. The van der Waals surface area contributed by atoms with Gasteiger partial charge in [0.25, 0.3) is 0 Å². The lowest BCUT2D eigenvalue weighted by atomic mass is 10.1. The number of nitrogen functional groups attached to an aromatic ring is 1. The molecule has 1 aliphatic rings. The lowest BCUT2D eigenvalue weighted by Gasteiger charge is -2.15. The molecule has 0 radical (unpaired) electrons. The lowest BCUT2D eigenvalue weighted by molar-refractivity contribution is -0.121. The highest BCUT2D eigenvalue weighted by molar-refractivity contribution is 6.19. The minimum atomic E-state index is -0.145. The predicted octanol–water partition coefficient (Wildman–Crippen LogP) is 1.48. The van der Waals surface area contributed by atoms with Crippen LogP contribution in [0.4, 0.5) is 11.4 Å². The van der Waals surface area contributed by atoms with Crippen molar-refractivity contribution < 1.29 is 9.59 Å². The Balaban J connectivity index is 2.37. The number of hydrogen-bond acceptors (Lipinski definition) is 3. The average Bonchev–Trinajstić information content (AvgIpc) is 2.58. The van der Waals surface area contributed by atoms with E-state index in [0.717, 1.165) is 12.0 Å². The molecule has 1 aromatic rings. The Morgan fingerprint density at radius 2 is 1.88 bits per heavy atom. The molecule has 0 saturated carbocycles. The number of anilines is 2. The van der Waals surface area contributed by atoms with E-state index in [1.807, 2.05) is 13.0 Å². The number of nitrogens with two attached hydrogens (primary N) is 1. The molecule has 2 amide bonds. The van der Waals surface area contributed by atoms with Crippen LogP contribution < -0.4 is 10.6 Å². The molecule has 16 heavy (non-hydrogen) atoms. The monoisotopic (exact) mass is 218 g/mol. The van der Waals surface area contributed by atoms with Crippen LogP contribution in [-0.4, -0.2) is 11.8 Å². The third-order valence-electron chi connectivity index (χ3n) is 2.82. The first-order valence-corrected chi connectivity index (χ1v) is 5.37. The normalized spacial score (nSPS) is 15.9. The first kappa shape index (κ1) is 10.7. The van der Waals surface area contributed by atoms with Crippen molar-refractivity contribution in [3.05, 3.63) is 23.8 Å². The summed E-state index contributed by atoms with van der Waals surface area (Å²) in [6.07, 6.45) is 1.44. The van der Waals surface area contributed by atoms with Crippen LogP contribution in [0, 0.1) is 0 Å². The van der Waals surface area contributed by atoms with Crippen LogP contribution in [0.3, 0.4) is 0 Å². The Morgan fingerprint density at radius 1 is 1.25 bits per heavy atom. The molecule has 2 rings (SSSR count). The molecule has 0 aromatic heterocycles. The van der Waals surface area contributed by atoms with E-state index in [2.05, 4.69) is 0 Å². The van der Waals surface area contributed by atoms with E-state index in [9.17, 15) is 9.59 Å². The zero-order valence-corrected chi connectivity index (χ0v) is 9.19. The fraction of sp³-hybridized carbons (Fsp3) is 0.333. The quantitative estimate of drug-likeness (QED) is 0.604. The highest BCUT2D eigenvalue weighted by Gasteiger charge is 2.30. The van der Waals surface area contributed by atoms with Gasteiger partial charge in [0.05, 0.1) is 5.69 Å². The van der Waals surface area contributed by atoms with Gasteiger partial charge >= 0.3 is 0 Å². The lowest BCUT2D eigenvalue weighted by Crippen LogP contribution is -2.28. The van der Waals surface area contributed by atoms with E-state index in [1.54, 1.807) is 12.1 Å². The van der Waals surface area contributed by atoms with Gasteiger partial charge in [0.2, 0.25) is 11.8 Å². The molecule has 84 valence electrons. The molecular weight excluding hydrogens is 204 g/mol. The van der Waals surface area contributed by atoms with Gasteiger partial charge in [-0.15, -0.1) is 0 Å². The summed E-state index contributed by atoms with van der Waals surface area (Å²) in [6, 6.07) is 5.33. The number of rotatable bonds is 2. The van der Waals surface area contributed by atoms with Gasteiger partial charge in [-0.3, -0.25) is 14.5 Å². The van der Waals surface area contributed by atoms with Gasteiger partial charge in [0, 0.05) is 18.5 Å². The number of benzene rings is 1. The Hall–Kier alpha value is -1.84. The minimum Gasteiger partial charge on any atom is -0.398 e. The van der Waals surface area contributed by atoms with Crippen molar-refractivity contribution in [2.75, 3.05) is 10.6 Å². The van der Waals surface area contributed by atoms with Crippen molar-refractivity contribution in [3.63, 3.8) is 0 Å². The Morgan fingerprint density at radius 3 is 2.38 bits per heavy atom. The Labute approximate surface area is 94.0 Å². The summed E-state index contributed by atoms with van der Waals surface area (Å²) in [6.45, 7) is 2.01. The molecule has 1 heterocycles. The van der Waals surface area contributed by atoms with Gasteiger partial charge in [-0.05, 0) is 24.1 Å². The molecule has 0 bridgehead atoms. The van der Waals surface area contributed by atoms with E-state index in [-0.39, 0.29) is 11.8 Å². The van der Waals surface area contributed by atoms with Crippen molar-refractivity contribution in [1.82, 2.24) is 0 Å². The van der Waals surface area contributed by atoms with Gasteiger partial charge < -0.3 is 5.73 Å². The average molecular weight is 218 g/mol. The fourth-order valence-electron chi connectivity index (χ4n) is 1.91. The van der Waals surface area contributed by atoms with Crippen LogP contribution >= 0.6 is 0 Å². The van der Waals surface area contributed by atoms with Crippen molar-refractivity contribution in [2.24, 2.45) is 0 Å². The molecule has 0 unspecified atom stereocenters. The molecule has 1 aromatic carbocycles. The second kappa shape index (κ2) is 3.96. The van der Waals surface area contributed by atoms with E-state index in [0.29, 0.717) is 24.2 Å². The summed E-state index contributed by atoms with van der Waals surface area (Å²) in [5, 5.41) is 0. The standard InChI is InChI=1S/C12H14N2O2/c1-2-8-3-4-9(7-10(8)13)14-11(15)5-6-12(14)16/h3-4,7H,2,5-6,13H2,1H3. The molecule has 1 aliphatic heterocycles. The topological polar surface area (TPSA) is 63.4 Å². The van der Waals surface area contributed by atoms with Crippen LogP contribution in [0.1, 0.15) is 25.3 Å². The predicted molar refractivity (Wildman–Crippen MR) is 62.0 cm³/mol. The summed E-state index contributed by atoms with van der Waals surface area (Å²) in [4.78, 5) is 24.2. The van der Waals surface area contributed by atoms with Gasteiger partial charge in [-0.1, -0.05) is 13.0 Å². The summed E-state index contributed by atoms with van der Waals surface area (Å²) >= 11 is 0. The number of aryl methyl sites for hydroxylation is 1. The summed E-state index contributed by atoms with van der Waals surface area (Å²) < 4.78 is 0. The molecule has 4 nitrogen and oxygen atoms in total. The zero-order valence-electron chi connectivity index (χ0n) is 9.19. The molecule has 2 N–H and O–H groups in total. The number of carbonyl (C=O) groups is 2. The van der Waals surface area contributed by atoms with Crippen LogP contribution in [0.2, 0.25) is 0 Å². The Kier molecular flexibility index (Phi) is 2.64. The molecule has 1 saturated heterocycles. The molecule has 1 fully saturated rings. The molecule has 0 atom stereocenters. The van der Waals surface area contributed by atoms with Crippen molar-refractivity contribution in [3.8, 4) is 0 Å². The van der Waals surface area contributed by atoms with Gasteiger partial charge in [-0.25, -0.2) is 0 Å². The first-order valence-electron chi connectivity index (χ1n) is 5.37. The smallest absolute Gasteiger partial charge is 0.234 e. The second-order valence-corrected chi connectivity index (χ2v) is 3.86. The van der Waals surface area contributed by atoms with Crippen molar-refractivity contribution in [1.29, 1.82) is 0 Å². The third kappa shape index (κ3) is 1.66. The van der Waals surface area contributed by atoms with E-state index in [4.69, 9.17) is 5.73 Å². The fourth-order valence-corrected chi connectivity index (χ4v) is 1.91. The van der Waals surface area contributed by atoms with Gasteiger partial charge in [-0.2, -0.15) is 0 Å². The highest BCUT2D eigenvalue weighted by Crippen LogP contribution is 2.26. The van der Waals surface area contributed by atoms with Crippen LogP contribution in [-0.2, 0) is 16.0 Å². The van der Waals surface area contributed by atoms with Crippen LogP contribution in [0.15, 0.2) is 18.2 Å². The maximum atomic E-state index is 11.5. The van der Waals surface area contributed by atoms with E-state index in [1.165, 1.54) is 4.90 Å². The highest BCUT2D eigenvalue weighted by atomic mass is 16.2. The molecule has 4 heteroatoms. The van der Waals surface area contributed by atoms with E-state index < -0.39 is 0 Å². The number of hydrogen-bond donors (Lipinski definition) is 1. The SMILES string of the molecule is CCc1ccc(N2C(=O)CCC2=O)cc1N. The number of carbonyl (C=O) groups excluding carboxylic acids is 2. The summed E-state index contributed by atoms with van der Waals surface area (Å²) in [5.74, 6) is -0.290. The van der Waals surface area contributed by atoms with Crippen molar-refractivity contribution >= 4 is 23.2 Å². The zero-order chi connectivity index (χ0) is 11.7. The van der Waals surface area contributed by atoms with Crippen LogP contribution in [0.25, 0.3) is 0 Å². The largest absolute Gasteiger partial charge is 0.398 e. The Bertz CT molecular complexity index is 438. The number of amides is 2. The van der Waals surface area contributed by atoms with Crippen LogP contribution in [0.5, 0.6) is 0 Å². The summed E-state index contributed by atoms with van der Waals surface area (Å²) in [5.41, 5.74) is 8.09.